The van der Waals surface area contributed by atoms with E-state index < -0.39 is 12.1 Å². The zero-order chi connectivity index (χ0) is 14.3. The average molecular weight is 268 g/mol. The fraction of sp³-hybridized carbons (Fsp3) is 0.615. The number of ether oxygens (including phenoxy) is 2. The minimum atomic E-state index is -0.643. The maximum atomic E-state index is 11.5. The van der Waals surface area contributed by atoms with Crippen LogP contribution >= 0.6 is 0 Å². The molecule has 0 amide bonds. The molecule has 0 aromatic carbocycles. The highest BCUT2D eigenvalue weighted by atomic mass is 16.6. The van der Waals surface area contributed by atoms with E-state index >= 15 is 0 Å². The summed E-state index contributed by atoms with van der Waals surface area (Å²) in [5, 5.41) is 3.81. The van der Waals surface area contributed by atoms with Gasteiger partial charge >= 0.3 is 5.97 Å². The highest BCUT2D eigenvalue weighted by Crippen LogP contribution is 2.06. The van der Waals surface area contributed by atoms with E-state index in [4.69, 9.17) is 14.0 Å². The summed E-state index contributed by atoms with van der Waals surface area (Å²) in [6, 6.07) is 0. The molecule has 6 nitrogen and oxygen atoms in total. The molecule has 19 heavy (non-hydrogen) atoms. The van der Waals surface area contributed by atoms with Crippen LogP contribution in [0.4, 0.5) is 0 Å². The van der Waals surface area contributed by atoms with Gasteiger partial charge in [-0.25, -0.2) is 4.79 Å². The minimum Gasteiger partial charge on any atom is -0.454 e. The fourth-order valence-corrected chi connectivity index (χ4v) is 1.33. The van der Waals surface area contributed by atoms with Gasteiger partial charge in [0.1, 0.15) is 0 Å². The molecule has 0 aliphatic rings. The van der Waals surface area contributed by atoms with E-state index in [1.165, 1.54) is 0 Å². The summed E-state index contributed by atoms with van der Waals surface area (Å²) in [4.78, 5) is 15.7. The molecule has 0 bridgehead atoms. The van der Waals surface area contributed by atoms with Crippen LogP contribution in [0.25, 0.3) is 0 Å². The Kier molecular flexibility index (Phi) is 6.21. The number of nitrogens with zero attached hydrogens (tertiary/aromatic N) is 2. The zero-order valence-electron chi connectivity index (χ0n) is 11.6. The lowest BCUT2D eigenvalue weighted by Crippen LogP contribution is -2.23. The predicted molar refractivity (Wildman–Crippen MR) is 68.2 cm³/mol. The molecule has 0 fully saturated rings. The lowest BCUT2D eigenvalue weighted by Gasteiger charge is -2.09. The summed E-state index contributed by atoms with van der Waals surface area (Å²) >= 11 is 0. The molecule has 0 saturated heterocycles. The first kappa shape index (κ1) is 15.4. The van der Waals surface area contributed by atoms with Gasteiger partial charge in [0.25, 0.3) is 5.89 Å². The van der Waals surface area contributed by atoms with Gasteiger partial charge in [-0.15, -0.1) is 6.58 Å². The van der Waals surface area contributed by atoms with Crippen molar-refractivity contribution in [3.05, 3.63) is 24.4 Å². The van der Waals surface area contributed by atoms with Gasteiger partial charge in [0.15, 0.2) is 18.5 Å². The Morgan fingerprint density at radius 3 is 2.84 bits per heavy atom. The zero-order valence-corrected chi connectivity index (χ0v) is 11.6. The molecule has 1 aromatic rings. The molecule has 1 heterocycles. The molecule has 6 heteroatoms. The molecule has 0 aliphatic heterocycles. The van der Waals surface area contributed by atoms with E-state index in [-0.39, 0.29) is 6.61 Å². The van der Waals surface area contributed by atoms with Crippen LogP contribution in [0.15, 0.2) is 17.2 Å². The number of aromatic nitrogens is 2. The first-order chi connectivity index (χ1) is 9.02. The molecule has 0 radical (unpaired) electrons. The Hall–Kier alpha value is -1.69. The standard InChI is InChI=1S/C13H20N2O4/c1-5-6-17-10(4)13(16)18-8-12-14-11(15-19-12)7-9(2)3/h5,9-10H,1,6-8H2,2-4H3. The third-order valence-corrected chi connectivity index (χ3v) is 2.23. The normalized spacial score (nSPS) is 12.4. The number of carbonyl (C=O) groups is 1. The van der Waals surface area contributed by atoms with E-state index in [1.54, 1.807) is 13.0 Å². The van der Waals surface area contributed by atoms with Gasteiger partial charge in [-0.3, -0.25) is 0 Å². The molecule has 0 aliphatic carbocycles. The molecule has 1 unspecified atom stereocenters. The van der Waals surface area contributed by atoms with Gasteiger partial charge in [0, 0.05) is 6.42 Å². The van der Waals surface area contributed by atoms with Crippen LogP contribution in [0.2, 0.25) is 0 Å². The van der Waals surface area contributed by atoms with E-state index in [0.29, 0.717) is 24.2 Å². The van der Waals surface area contributed by atoms with Crippen LogP contribution in [-0.4, -0.2) is 28.8 Å². The van der Waals surface area contributed by atoms with Crippen LogP contribution in [0.5, 0.6) is 0 Å². The molecule has 0 saturated carbocycles. The number of esters is 1. The van der Waals surface area contributed by atoms with Crippen molar-refractivity contribution in [3.63, 3.8) is 0 Å². The molecule has 1 rings (SSSR count). The lowest BCUT2D eigenvalue weighted by atomic mass is 10.1. The van der Waals surface area contributed by atoms with Crippen LogP contribution in [0.1, 0.15) is 32.5 Å². The molecule has 1 atom stereocenters. The topological polar surface area (TPSA) is 74.5 Å². The summed E-state index contributed by atoms with van der Waals surface area (Å²) in [6.45, 7) is 9.51. The highest BCUT2D eigenvalue weighted by Gasteiger charge is 2.16. The van der Waals surface area contributed by atoms with Crippen molar-refractivity contribution >= 4 is 5.97 Å². The smallest absolute Gasteiger partial charge is 0.335 e. The monoisotopic (exact) mass is 268 g/mol. The summed E-state index contributed by atoms with van der Waals surface area (Å²) in [5.74, 6) is 0.891. The second-order valence-corrected chi connectivity index (χ2v) is 4.57. The van der Waals surface area contributed by atoms with Crippen molar-refractivity contribution in [1.29, 1.82) is 0 Å². The third-order valence-electron chi connectivity index (χ3n) is 2.23. The van der Waals surface area contributed by atoms with Crippen molar-refractivity contribution in [1.82, 2.24) is 10.1 Å². The Bertz CT molecular complexity index is 415. The summed E-state index contributed by atoms with van der Waals surface area (Å²) < 4.78 is 15.1. The van der Waals surface area contributed by atoms with Crippen molar-refractivity contribution in [2.75, 3.05) is 6.61 Å². The first-order valence-corrected chi connectivity index (χ1v) is 6.23. The molecule has 0 spiro atoms. The molecular formula is C13H20N2O4. The SMILES string of the molecule is C=CCOC(C)C(=O)OCc1nc(CC(C)C)no1. The van der Waals surface area contributed by atoms with Crippen molar-refractivity contribution < 1.29 is 18.8 Å². The molecule has 106 valence electrons. The summed E-state index contributed by atoms with van der Waals surface area (Å²) in [7, 11) is 0. The second-order valence-electron chi connectivity index (χ2n) is 4.57. The fourth-order valence-electron chi connectivity index (χ4n) is 1.33. The summed E-state index contributed by atoms with van der Waals surface area (Å²) in [6.07, 6.45) is 1.66. The summed E-state index contributed by atoms with van der Waals surface area (Å²) in [5.41, 5.74) is 0. The number of hydrogen-bond donors (Lipinski definition) is 0. The van der Waals surface area contributed by atoms with Gasteiger partial charge in [0.2, 0.25) is 0 Å². The van der Waals surface area contributed by atoms with E-state index in [9.17, 15) is 4.79 Å². The van der Waals surface area contributed by atoms with Gasteiger partial charge in [-0.1, -0.05) is 25.1 Å². The van der Waals surface area contributed by atoms with Crippen molar-refractivity contribution in [2.45, 2.75) is 39.9 Å². The largest absolute Gasteiger partial charge is 0.454 e. The Morgan fingerprint density at radius 2 is 2.21 bits per heavy atom. The van der Waals surface area contributed by atoms with Crippen molar-refractivity contribution in [2.24, 2.45) is 5.92 Å². The Labute approximate surface area is 112 Å². The van der Waals surface area contributed by atoms with Gasteiger partial charge < -0.3 is 14.0 Å². The van der Waals surface area contributed by atoms with Gasteiger partial charge in [-0.05, 0) is 12.8 Å². The number of rotatable bonds is 8. The predicted octanol–water partition coefficient (Wildman–Crippen LogP) is 1.90. The van der Waals surface area contributed by atoms with E-state index in [2.05, 4.69) is 30.6 Å². The van der Waals surface area contributed by atoms with Gasteiger partial charge in [-0.2, -0.15) is 4.98 Å². The van der Waals surface area contributed by atoms with Gasteiger partial charge in [0.05, 0.1) is 6.61 Å². The highest BCUT2D eigenvalue weighted by molar-refractivity contribution is 5.74. The molecule has 1 aromatic heterocycles. The van der Waals surface area contributed by atoms with E-state index in [0.717, 1.165) is 6.42 Å². The van der Waals surface area contributed by atoms with Crippen LogP contribution in [0.3, 0.4) is 0 Å². The average Bonchev–Trinajstić information content (AvgIpc) is 2.79. The first-order valence-electron chi connectivity index (χ1n) is 6.23. The quantitative estimate of drug-likeness (QED) is 0.529. The minimum absolute atomic E-state index is 0.0360. The number of carbonyl (C=O) groups excluding carboxylic acids is 1. The van der Waals surface area contributed by atoms with Crippen molar-refractivity contribution in [3.8, 4) is 0 Å². The third kappa shape index (κ3) is 5.65. The second kappa shape index (κ2) is 7.68. The maximum absolute atomic E-state index is 11.5. The van der Waals surface area contributed by atoms with E-state index in [1.807, 2.05) is 0 Å². The Morgan fingerprint density at radius 1 is 1.47 bits per heavy atom. The number of hydrogen-bond acceptors (Lipinski definition) is 6. The van der Waals surface area contributed by atoms with Crippen LogP contribution in [0, 0.1) is 5.92 Å². The molecular weight excluding hydrogens is 248 g/mol. The van der Waals surface area contributed by atoms with Crippen LogP contribution < -0.4 is 0 Å². The maximum Gasteiger partial charge on any atom is 0.335 e. The lowest BCUT2D eigenvalue weighted by molar-refractivity contribution is -0.157. The van der Waals surface area contributed by atoms with Crippen LogP contribution in [-0.2, 0) is 27.3 Å². The molecule has 0 N–H and O–H groups in total. The Balaban J connectivity index is 2.37.